The molecular weight excluding hydrogens is 415 g/mol. The molecule has 1 fully saturated rings. The monoisotopic (exact) mass is 441 g/mol. The van der Waals surface area contributed by atoms with Gasteiger partial charge >= 0.3 is 6.55 Å². The molecular formula is C15H26F2IN5. The molecule has 1 saturated carbocycles. The predicted molar refractivity (Wildman–Crippen MR) is 98.3 cm³/mol. The van der Waals surface area contributed by atoms with Gasteiger partial charge in [-0.2, -0.15) is 8.78 Å². The zero-order valence-corrected chi connectivity index (χ0v) is 16.0. The van der Waals surface area contributed by atoms with Crippen molar-refractivity contribution in [1.82, 2.24) is 20.2 Å². The molecule has 0 spiro atoms. The van der Waals surface area contributed by atoms with E-state index in [0.29, 0.717) is 11.4 Å². The Hall–Kier alpha value is -0.930. The summed E-state index contributed by atoms with van der Waals surface area (Å²) in [5, 5.41) is 6.49. The van der Waals surface area contributed by atoms with E-state index in [1.807, 2.05) is 6.92 Å². The molecule has 23 heavy (non-hydrogen) atoms. The normalized spacial score (nSPS) is 16.7. The second kappa shape index (κ2) is 9.39. The Morgan fingerprint density at radius 2 is 2.13 bits per heavy atom. The Kier molecular flexibility index (Phi) is 8.21. The summed E-state index contributed by atoms with van der Waals surface area (Å²) in [6.07, 6.45) is 7.57. The first-order valence-electron chi connectivity index (χ1n) is 7.92. The van der Waals surface area contributed by atoms with Crippen LogP contribution < -0.4 is 10.6 Å². The van der Waals surface area contributed by atoms with E-state index in [2.05, 4.69) is 27.5 Å². The summed E-state index contributed by atoms with van der Waals surface area (Å²) in [6, 6.07) is 0. The first kappa shape index (κ1) is 20.1. The Labute approximate surface area is 153 Å². The van der Waals surface area contributed by atoms with Gasteiger partial charge in [-0.05, 0) is 31.6 Å². The van der Waals surface area contributed by atoms with Crippen molar-refractivity contribution in [3.05, 3.63) is 18.2 Å². The number of guanidine groups is 1. The van der Waals surface area contributed by atoms with Gasteiger partial charge < -0.3 is 10.6 Å². The average molecular weight is 441 g/mol. The van der Waals surface area contributed by atoms with Crippen LogP contribution in [0.15, 0.2) is 17.4 Å². The van der Waals surface area contributed by atoms with Crippen molar-refractivity contribution < 1.29 is 8.78 Å². The third-order valence-electron chi connectivity index (χ3n) is 4.48. The van der Waals surface area contributed by atoms with Crippen LogP contribution in [0.25, 0.3) is 0 Å². The molecule has 2 rings (SSSR count). The fourth-order valence-electron chi connectivity index (χ4n) is 2.74. The van der Waals surface area contributed by atoms with Crippen LogP contribution in [0.3, 0.4) is 0 Å². The lowest BCUT2D eigenvalue weighted by Crippen LogP contribution is -2.46. The Balaban J connectivity index is 0.00000264. The number of alkyl halides is 2. The molecule has 1 aliphatic rings. The number of hydrogen-bond acceptors (Lipinski definition) is 2. The Morgan fingerprint density at radius 3 is 2.65 bits per heavy atom. The summed E-state index contributed by atoms with van der Waals surface area (Å²) in [5.74, 6) is 0.923. The second-order valence-electron chi connectivity index (χ2n) is 5.78. The van der Waals surface area contributed by atoms with Gasteiger partial charge in [-0.1, -0.05) is 13.3 Å². The fraction of sp³-hybridized carbons (Fsp3) is 0.733. The molecule has 0 unspecified atom stereocenters. The van der Waals surface area contributed by atoms with Crippen molar-refractivity contribution in [2.24, 2.45) is 10.4 Å². The van der Waals surface area contributed by atoms with Gasteiger partial charge in [0, 0.05) is 25.5 Å². The molecule has 0 bridgehead atoms. The molecule has 132 valence electrons. The van der Waals surface area contributed by atoms with Gasteiger partial charge in [0.05, 0.1) is 0 Å². The number of aliphatic imine (C=N–C) groups is 1. The summed E-state index contributed by atoms with van der Waals surface area (Å²) in [6.45, 7) is 3.35. The minimum absolute atomic E-state index is 0. The summed E-state index contributed by atoms with van der Waals surface area (Å²) in [5.41, 5.74) is 0.373. The van der Waals surface area contributed by atoms with Crippen molar-refractivity contribution in [3.63, 3.8) is 0 Å². The summed E-state index contributed by atoms with van der Waals surface area (Å²) in [4.78, 5) is 8.31. The molecule has 1 heterocycles. The standard InChI is InChI=1S/C15H25F2N5.HI/c1-3-15(6-5-7-15)11-21-14(18-4-2)20-10-12-19-8-9-22(12)13(16)17;/h8-9,13H,3-7,10-11H2,1-2H3,(H2,18,20,21);1H. The molecule has 0 aromatic carbocycles. The number of imidazole rings is 1. The van der Waals surface area contributed by atoms with Crippen molar-refractivity contribution in [2.45, 2.75) is 52.6 Å². The smallest absolute Gasteiger partial charge is 0.319 e. The van der Waals surface area contributed by atoms with E-state index in [1.165, 1.54) is 31.7 Å². The highest BCUT2D eigenvalue weighted by atomic mass is 127. The molecule has 0 amide bonds. The third kappa shape index (κ3) is 5.29. The number of aromatic nitrogens is 2. The van der Waals surface area contributed by atoms with Crippen molar-refractivity contribution in [3.8, 4) is 0 Å². The van der Waals surface area contributed by atoms with E-state index in [0.717, 1.165) is 24.1 Å². The maximum Gasteiger partial charge on any atom is 0.319 e. The first-order chi connectivity index (χ1) is 10.6. The van der Waals surface area contributed by atoms with Crippen LogP contribution in [0, 0.1) is 5.41 Å². The molecule has 0 aliphatic heterocycles. The second-order valence-corrected chi connectivity index (χ2v) is 5.78. The summed E-state index contributed by atoms with van der Waals surface area (Å²) in [7, 11) is 0. The number of rotatable bonds is 7. The van der Waals surface area contributed by atoms with Crippen LogP contribution >= 0.6 is 24.0 Å². The summed E-state index contributed by atoms with van der Waals surface area (Å²) < 4.78 is 26.4. The van der Waals surface area contributed by atoms with Gasteiger partial charge in [0.25, 0.3) is 0 Å². The van der Waals surface area contributed by atoms with Crippen molar-refractivity contribution in [1.29, 1.82) is 0 Å². The van der Waals surface area contributed by atoms with Crippen molar-refractivity contribution in [2.75, 3.05) is 13.1 Å². The highest BCUT2D eigenvalue weighted by Gasteiger charge is 2.34. The molecule has 1 aliphatic carbocycles. The number of hydrogen-bond donors (Lipinski definition) is 2. The molecule has 1 aromatic rings. The predicted octanol–water partition coefficient (Wildman–Crippen LogP) is 3.53. The third-order valence-corrected chi connectivity index (χ3v) is 4.48. The van der Waals surface area contributed by atoms with E-state index in [-0.39, 0.29) is 36.3 Å². The highest BCUT2D eigenvalue weighted by Crippen LogP contribution is 2.42. The lowest BCUT2D eigenvalue weighted by molar-refractivity contribution is 0.0671. The molecule has 8 heteroatoms. The lowest BCUT2D eigenvalue weighted by atomic mass is 9.67. The molecule has 0 atom stereocenters. The minimum atomic E-state index is -2.58. The number of nitrogens with zero attached hydrogens (tertiary/aromatic N) is 3. The lowest BCUT2D eigenvalue weighted by Gasteiger charge is -2.41. The fourth-order valence-corrected chi connectivity index (χ4v) is 2.74. The molecule has 5 nitrogen and oxygen atoms in total. The SMILES string of the molecule is CCNC(=NCc1nccn1C(F)F)NCC1(CC)CCC1.I. The number of nitrogens with one attached hydrogen (secondary N) is 2. The van der Waals surface area contributed by atoms with E-state index >= 15 is 0 Å². The Bertz CT molecular complexity index is 494. The first-order valence-corrected chi connectivity index (χ1v) is 7.92. The van der Waals surface area contributed by atoms with Crippen LogP contribution in [0.2, 0.25) is 0 Å². The molecule has 1 aromatic heterocycles. The van der Waals surface area contributed by atoms with Gasteiger partial charge in [0.15, 0.2) is 5.96 Å². The van der Waals surface area contributed by atoms with Gasteiger partial charge in [-0.15, -0.1) is 24.0 Å². The van der Waals surface area contributed by atoms with Crippen LogP contribution in [0.4, 0.5) is 8.78 Å². The van der Waals surface area contributed by atoms with E-state index in [9.17, 15) is 8.78 Å². The van der Waals surface area contributed by atoms with E-state index in [1.54, 1.807) is 0 Å². The maximum absolute atomic E-state index is 12.8. The topological polar surface area (TPSA) is 54.2 Å². The highest BCUT2D eigenvalue weighted by molar-refractivity contribution is 14.0. The van der Waals surface area contributed by atoms with Crippen LogP contribution in [-0.2, 0) is 6.54 Å². The van der Waals surface area contributed by atoms with Gasteiger partial charge in [-0.3, -0.25) is 4.57 Å². The minimum Gasteiger partial charge on any atom is -0.357 e. The zero-order valence-electron chi connectivity index (χ0n) is 13.7. The Morgan fingerprint density at radius 1 is 1.39 bits per heavy atom. The van der Waals surface area contributed by atoms with E-state index < -0.39 is 6.55 Å². The van der Waals surface area contributed by atoms with Crippen LogP contribution in [0.5, 0.6) is 0 Å². The number of halogens is 3. The molecule has 2 N–H and O–H groups in total. The van der Waals surface area contributed by atoms with Gasteiger partial charge in [0.1, 0.15) is 12.4 Å². The zero-order chi connectivity index (χ0) is 16.0. The summed E-state index contributed by atoms with van der Waals surface area (Å²) >= 11 is 0. The molecule has 0 radical (unpaired) electrons. The quantitative estimate of drug-likeness (QED) is 0.387. The largest absolute Gasteiger partial charge is 0.357 e. The van der Waals surface area contributed by atoms with E-state index in [4.69, 9.17) is 0 Å². The van der Waals surface area contributed by atoms with Gasteiger partial charge in [-0.25, -0.2) is 9.98 Å². The van der Waals surface area contributed by atoms with Gasteiger partial charge in [0.2, 0.25) is 0 Å². The van der Waals surface area contributed by atoms with Crippen LogP contribution in [0.1, 0.15) is 51.9 Å². The van der Waals surface area contributed by atoms with Crippen molar-refractivity contribution >= 4 is 29.9 Å². The maximum atomic E-state index is 12.8. The average Bonchev–Trinajstić information content (AvgIpc) is 2.92. The molecule has 0 saturated heterocycles. The van der Waals surface area contributed by atoms with Crippen LogP contribution in [-0.4, -0.2) is 28.6 Å².